The quantitative estimate of drug-likeness (QED) is 0.471. The van der Waals surface area contributed by atoms with Crippen molar-refractivity contribution in [3.63, 3.8) is 0 Å². The van der Waals surface area contributed by atoms with Crippen LogP contribution in [0.4, 0.5) is 0 Å². The number of ether oxygens (including phenoxy) is 1. The standard InChI is InChI=1S/C20H22BrNO5S/c1-4-14-5-7-15(8-6-14)19(23)12-27-20(24)17-11-16(9-10-18(17)21)28(25,26)22-13(2)3/h5-11,13,22H,4,12H2,1-3H3. The molecular weight excluding hydrogens is 446 g/mol. The molecule has 0 saturated heterocycles. The Kier molecular flexibility index (Phi) is 7.51. The van der Waals surface area contributed by atoms with Crippen LogP contribution in [0.2, 0.25) is 0 Å². The number of Topliss-reactive ketones (excluding diaryl/α,β-unsaturated/α-hetero) is 1. The first-order valence-electron chi connectivity index (χ1n) is 8.75. The fourth-order valence-electron chi connectivity index (χ4n) is 2.42. The molecule has 0 aliphatic heterocycles. The minimum atomic E-state index is -3.76. The lowest BCUT2D eigenvalue weighted by Crippen LogP contribution is -2.30. The molecule has 0 heterocycles. The molecule has 0 aromatic heterocycles. The van der Waals surface area contributed by atoms with Gasteiger partial charge in [0.05, 0.1) is 10.5 Å². The SMILES string of the molecule is CCc1ccc(C(=O)COC(=O)c2cc(S(=O)(=O)NC(C)C)ccc2Br)cc1. The number of hydrogen-bond donors (Lipinski definition) is 1. The molecule has 0 spiro atoms. The van der Waals surface area contributed by atoms with Crippen LogP contribution in [0.25, 0.3) is 0 Å². The van der Waals surface area contributed by atoms with Gasteiger partial charge in [0.25, 0.3) is 0 Å². The number of benzene rings is 2. The lowest BCUT2D eigenvalue weighted by molar-refractivity contribution is 0.0473. The van der Waals surface area contributed by atoms with E-state index in [0.29, 0.717) is 10.0 Å². The third kappa shape index (κ3) is 5.73. The average molecular weight is 468 g/mol. The Labute approximate surface area is 173 Å². The molecule has 0 aliphatic carbocycles. The van der Waals surface area contributed by atoms with Crippen molar-refractivity contribution in [1.29, 1.82) is 0 Å². The largest absolute Gasteiger partial charge is 0.454 e. The van der Waals surface area contributed by atoms with E-state index in [0.717, 1.165) is 12.0 Å². The van der Waals surface area contributed by atoms with Gasteiger partial charge >= 0.3 is 5.97 Å². The molecule has 0 amide bonds. The average Bonchev–Trinajstić information content (AvgIpc) is 2.65. The van der Waals surface area contributed by atoms with Crippen molar-refractivity contribution in [3.05, 3.63) is 63.6 Å². The normalized spacial score (nSPS) is 11.5. The highest BCUT2D eigenvalue weighted by atomic mass is 79.9. The van der Waals surface area contributed by atoms with Gasteiger partial charge in [-0.1, -0.05) is 31.2 Å². The molecule has 2 rings (SSSR count). The van der Waals surface area contributed by atoms with Crippen LogP contribution in [0.3, 0.4) is 0 Å². The van der Waals surface area contributed by atoms with Crippen molar-refractivity contribution in [3.8, 4) is 0 Å². The number of halogens is 1. The molecule has 2 aromatic carbocycles. The molecule has 0 atom stereocenters. The van der Waals surface area contributed by atoms with Gasteiger partial charge in [-0.3, -0.25) is 4.79 Å². The molecule has 1 N–H and O–H groups in total. The molecule has 2 aromatic rings. The molecule has 0 aliphatic rings. The van der Waals surface area contributed by atoms with E-state index in [9.17, 15) is 18.0 Å². The van der Waals surface area contributed by atoms with Gasteiger partial charge in [-0.25, -0.2) is 17.9 Å². The van der Waals surface area contributed by atoms with Gasteiger partial charge < -0.3 is 4.74 Å². The summed E-state index contributed by atoms with van der Waals surface area (Å²) in [6.07, 6.45) is 0.863. The van der Waals surface area contributed by atoms with Crippen LogP contribution in [0, 0.1) is 0 Å². The smallest absolute Gasteiger partial charge is 0.339 e. The van der Waals surface area contributed by atoms with E-state index in [1.54, 1.807) is 26.0 Å². The van der Waals surface area contributed by atoms with Crippen LogP contribution < -0.4 is 4.72 Å². The first kappa shape index (κ1) is 22.3. The van der Waals surface area contributed by atoms with Crippen LogP contribution in [0.5, 0.6) is 0 Å². The summed E-state index contributed by atoms with van der Waals surface area (Å²) in [5, 5.41) is 0. The van der Waals surface area contributed by atoms with Crippen molar-refractivity contribution in [2.24, 2.45) is 0 Å². The number of hydrogen-bond acceptors (Lipinski definition) is 5. The van der Waals surface area contributed by atoms with Crippen LogP contribution in [0.1, 0.15) is 47.1 Å². The summed E-state index contributed by atoms with van der Waals surface area (Å²) in [7, 11) is -3.76. The van der Waals surface area contributed by atoms with E-state index in [1.807, 2.05) is 19.1 Å². The third-order valence-corrected chi connectivity index (χ3v) is 6.23. The number of aryl methyl sites for hydroxylation is 1. The maximum atomic E-state index is 12.4. The summed E-state index contributed by atoms with van der Waals surface area (Å²) in [5.74, 6) is -1.12. The zero-order valence-corrected chi connectivity index (χ0v) is 18.3. The summed E-state index contributed by atoms with van der Waals surface area (Å²) < 4.78 is 32.5. The molecule has 150 valence electrons. The number of esters is 1. The molecule has 0 saturated carbocycles. The van der Waals surface area contributed by atoms with Gasteiger partial charge in [-0.15, -0.1) is 0 Å². The highest BCUT2D eigenvalue weighted by molar-refractivity contribution is 9.10. The Bertz CT molecular complexity index is 969. The molecule has 8 heteroatoms. The summed E-state index contributed by atoms with van der Waals surface area (Å²) in [6.45, 7) is 4.98. The van der Waals surface area contributed by atoms with Gasteiger partial charge in [0.15, 0.2) is 12.4 Å². The molecule has 0 fully saturated rings. The van der Waals surface area contributed by atoms with Gasteiger partial charge in [-0.05, 0) is 60.0 Å². The van der Waals surface area contributed by atoms with Crippen LogP contribution >= 0.6 is 15.9 Å². The van der Waals surface area contributed by atoms with Gasteiger partial charge in [-0.2, -0.15) is 0 Å². The van der Waals surface area contributed by atoms with Crippen molar-refractivity contribution >= 4 is 37.7 Å². The zero-order valence-electron chi connectivity index (χ0n) is 15.9. The summed E-state index contributed by atoms with van der Waals surface area (Å²) in [6, 6.07) is 10.8. The Morgan fingerprint density at radius 3 is 2.32 bits per heavy atom. The minimum Gasteiger partial charge on any atom is -0.454 e. The van der Waals surface area contributed by atoms with Crippen LogP contribution in [0.15, 0.2) is 51.8 Å². The lowest BCUT2D eigenvalue weighted by atomic mass is 10.1. The van der Waals surface area contributed by atoms with Gasteiger partial charge in [0.1, 0.15) is 0 Å². The fraction of sp³-hybridized carbons (Fsp3) is 0.300. The molecule has 0 radical (unpaired) electrons. The third-order valence-electron chi connectivity index (χ3n) is 3.88. The maximum absolute atomic E-state index is 12.4. The Balaban J connectivity index is 2.13. The first-order chi connectivity index (χ1) is 13.1. The van der Waals surface area contributed by atoms with Crippen molar-refractivity contribution in [2.75, 3.05) is 6.61 Å². The summed E-state index contributed by atoms with van der Waals surface area (Å²) in [4.78, 5) is 24.5. The van der Waals surface area contributed by atoms with Crippen molar-refractivity contribution in [1.82, 2.24) is 4.72 Å². The highest BCUT2D eigenvalue weighted by Gasteiger charge is 2.21. The van der Waals surface area contributed by atoms with E-state index in [1.165, 1.54) is 18.2 Å². The van der Waals surface area contributed by atoms with E-state index < -0.39 is 22.6 Å². The van der Waals surface area contributed by atoms with E-state index in [4.69, 9.17) is 4.74 Å². The van der Waals surface area contributed by atoms with Crippen LogP contribution in [-0.2, 0) is 21.2 Å². The molecule has 6 nitrogen and oxygen atoms in total. The fourth-order valence-corrected chi connectivity index (χ4v) is 4.11. The van der Waals surface area contributed by atoms with Gasteiger partial charge in [0, 0.05) is 16.1 Å². The Hall–Kier alpha value is -2.03. The lowest BCUT2D eigenvalue weighted by Gasteiger charge is -2.11. The molecule has 0 unspecified atom stereocenters. The number of carbonyl (C=O) groups excluding carboxylic acids is 2. The number of nitrogens with one attached hydrogen (secondary N) is 1. The number of carbonyl (C=O) groups is 2. The predicted octanol–water partition coefficient (Wildman–Crippen LogP) is 3.74. The summed E-state index contributed by atoms with van der Waals surface area (Å²) in [5.41, 5.74) is 1.58. The first-order valence-corrected chi connectivity index (χ1v) is 11.0. The van der Waals surface area contributed by atoms with Crippen molar-refractivity contribution in [2.45, 2.75) is 38.1 Å². The second kappa shape index (κ2) is 9.45. The highest BCUT2D eigenvalue weighted by Crippen LogP contribution is 2.22. The van der Waals surface area contributed by atoms with E-state index in [-0.39, 0.29) is 22.3 Å². The monoisotopic (exact) mass is 467 g/mol. The predicted molar refractivity (Wildman–Crippen MR) is 110 cm³/mol. The van der Waals surface area contributed by atoms with Crippen molar-refractivity contribution < 1.29 is 22.7 Å². The number of rotatable bonds is 8. The van der Waals surface area contributed by atoms with E-state index >= 15 is 0 Å². The topological polar surface area (TPSA) is 89.5 Å². The van der Waals surface area contributed by atoms with Gasteiger partial charge in [0.2, 0.25) is 10.0 Å². The van der Waals surface area contributed by atoms with E-state index in [2.05, 4.69) is 20.7 Å². The second-order valence-corrected chi connectivity index (χ2v) is 9.04. The molecule has 0 bridgehead atoms. The molecule has 28 heavy (non-hydrogen) atoms. The summed E-state index contributed by atoms with van der Waals surface area (Å²) >= 11 is 3.22. The zero-order chi connectivity index (χ0) is 20.9. The maximum Gasteiger partial charge on any atom is 0.339 e. The molecular formula is C20H22BrNO5S. The minimum absolute atomic E-state index is 0.0285. The second-order valence-electron chi connectivity index (χ2n) is 6.47. The number of sulfonamides is 1. The van der Waals surface area contributed by atoms with Crippen LogP contribution in [-0.4, -0.2) is 32.8 Å². The number of ketones is 1. The Morgan fingerprint density at radius 1 is 1.11 bits per heavy atom. The Morgan fingerprint density at radius 2 is 1.75 bits per heavy atom.